The second kappa shape index (κ2) is 9.75. The van der Waals surface area contributed by atoms with Crippen molar-refractivity contribution in [3.63, 3.8) is 0 Å². The van der Waals surface area contributed by atoms with Crippen LogP contribution in [-0.2, 0) is 19.1 Å². The quantitative estimate of drug-likeness (QED) is 0.605. The SMILES string of the molecule is CC(=O)N/C(=C\c1ccccc1)C(=O)O[C@H](C)C(=O)NC1CCCCC1. The molecule has 1 atom stereocenters. The zero-order chi connectivity index (χ0) is 18.9. The van der Waals surface area contributed by atoms with Crippen LogP contribution in [0, 0.1) is 0 Å². The van der Waals surface area contributed by atoms with Crippen molar-refractivity contribution in [1.82, 2.24) is 10.6 Å². The van der Waals surface area contributed by atoms with Crippen molar-refractivity contribution < 1.29 is 19.1 Å². The van der Waals surface area contributed by atoms with E-state index in [-0.39, 0.29) is 23.6 Å². The molecule has 0 saturated heterocycles. The van der Waals surface area contributed by atoms with Crippen molar-refractivity contribution in [1.29, 1.82) is 0 Å². The summed E-state index contributed by atoms with van der Waals surface area (Å²) in [4.78, 5) is 36.1. The van der Waals surface area contributed by atoms with Crippen molar-refractivity contribution >= 4 is 23.9 Å². The van der Waals surface area contributed by atoms with E-state index < -0.39 is 12.1 Å². The van der Waals surface area contributed by atoms with Crippen LogP contribution in [0.5, 0.6) is 0 Å². The fourth-order valence-corrected chi connectivity index (χ4v) is 2.89. The van der Waals surface area contributed by atoms with Crippen LogP contribution >= 0.6 is 0 Å². The maximum absolute atomic E-state index is 12.4. The van der Waals surface area contributed by atoms with Gasteiger partial charge in [0.05, 0.1) is 0 Å². The molecule has 0 unspecified atom stereocenters. The number of esters is 1. The maximum atomic E-state index is 12.4. The molecule has 2 N–H and O–H groups in total. The Morgan fingerprint density at radius 1 is 1.12 bits per heavy atom. The molecule has 1 fully saturated rings. The Balaban J connectivity index is 1.99. The Kier molecular flexibility index (Phi) is 7.38. The third kappa shape index (κ3) is 6.35. The molecule has 1 aromatic rings. The normalized spacial score (nSPS) is 16.5. The lowest BCUT2D eigenvalue weighted by molar-refractivity contribution is -0.152. The van der Waals surface area contributed by atoms with Gasteiger partial charge in [0, 0.05) is 13.0 Å². The van der Waals surface area contributed by atoms with E-state index in [1.54, 1.807) is 12.1 Å². The van der Waals surface area contributed by atoms with Crippen LogP contribution in [0.4, 0.5) is 0 Å². The third-order valence-electron chi connectivity index (χ3n) is 4.25. The first-order chi connectivity index (χ1) is 12.5. The Labute approximate surface area is 154 Å². The van der Waals surface area contributed by atoms with Crippen LogP contribution < -0.4 is 10.6 Å². The average Bonchev–Trinajstić information content (AvgIpc) is 2.62. The van der Waals surface area contributed by atoms with Gasteiger partial charge in [-0.1, -0.05) is 49.6 Å². The largest absolute Gasteiger partial charge is 0.448 e. The van der Waals surface area contributed by atoms with Gasteiger partial charge in [0.1, 0.15) is 5.70 Å². The molecule has 0 aromatic heterocycles. The van der Waals surface area contributed by atoms with Crippen LogP contribution in [0.3, 0.4) is 0 Å². The van der Waals surface area contributed by atoms with Gasteiger partial charge in [-0.15, -0.1) is 0 Å². The number of ether oxygens (including phenoxy) is 1. The van der Waals surface area contributed by atoms with Gasteiger partial charge < -0.3 is 15.4 Å². The lowest BCUT2D eigenvalue weighted by Gasteiger charge is -2.24. The molecule has 0 aliphatic heterocycles. The topological polar surface area (TPSA) is 84.5 Å². The van der Waals surface area contributed by atoms with Gasteiger partial charge in [-0.3, -0.25) is 9.59 Å². The Hall–Kier alpha value is -2.63. The highest BCUT2D eigenvalue weighted by Crippen LogP contribution is 2.17. The van der Waals surface area contributed by atoms with Crippen molar-refractivity contribution in [2.75, 3.05) is 0 Å². The number of carbonyl (C=O) groups is 3. The third-order valence-corrected chi connectivity index (χ3v) is 4.25. The van der Waals surface area contributed by atoms with Crippen LogP contribution in [0.25, 0.3) is 6.08 Å². The number of hydrogen-bond acceptors (Lipinski definition) is 4. The van der Waals surface area contributed by atoms with Crippen molar-refractivity contribution in [2.24, 2.45) is 0 Å². The van der Waals surface area contributed by atoms with Crippen molar-refractivity contribution in [3.05, 3.63) is 41.6 Å². The average molecular weight is 358 g/mol. The number of benzene rings is 1. The van der Waals surface area contributed by atoms with Crippen molar-refractivity contribution in [3.8, 4) is 0 Å². The Bertz CT molecular complexity index is 664. The number of amides is 2. The van der Waals surface area contributed by atoms with E-state index in [4.69, 9.17) is 4.74 Å². The first-order valence-electron chi connectivity index (χ1n) is 9.01. The molecule has 0 bridgehead atoms. The molecule has 1 aromatic carbocycles. The van der Waals surface area contributed by atoms with Crippen molar-refractivity contribution in [2.45, 2.75) is 58.1 Å². The van der Waals surface area contributed by atoms with Crippen LogP contribution in [-0.4, -0.2) is 29.9 Å². The summed E-state index contributed by atoms with van der Waals surface area (Å²) < 4.78 is 5.25. The van der Waals surface area contributed by atoms with E-state index in [0.29, 0.717) is 0 Å². The number of nitrogens with one attached hydrogen (secondary N) is 2. The molecule has 0 heterocycles. The fourth-order valence-electron chi connectivity index (χ4n) is 2.89. The molecular weight excluding hydrogens is 332 g/mol. The predicted octanol–water partition coefficient (Wildman–Crippen LogP) is 2.54. The molecule has 0 spiro atoms. The van der Waals surface area contributed by atoms with Gasteiger partial charge in [0.2, 0.25) is 5.91 Å². The molecule has 0 radical (unpaired) electrons. The minimum atomic E-state index is -0.933. The molecule has 1 aliphatic carbocycles. The van der Waals surface area contributed by atoms with Crippen LogP contribution in [0.15, 0.2) is 36.0 Å². The molecule has 1 saturated carbocycles. The van der Waals surface area contributed by atoms with E-state index in [2.05, 4.69) is 10.6 Å². The molecule has 140 valence electrons. The van der Waals surface area contributed by atoms with Gasteiger partial charge in [-0.25, -0.2) is 4.79 Å². The van der Waals surface area contributed by atoms with E-state index >= 15 is 0 Å². The summed E-state index contributed by atoms with van der Waals surface area (Å²) in [5.41, 5.74) is 0.744. The highest BCUT2D eigenvalue weighted by Gasteiger charge is 2.24. The summed E-state index contributed by atoms with van der Waals surface area (Å²) in [6.45, 7) is 2.84. The van der Waals surface area contributed by atoms with E-state index in [1.165, 1.54) is 26.3 Å². The molecule has 2 amide bonds. The van der Waals surface area contributed by atoms with Gasteiger partial charge >= 0.3 is 5.97 Å². The summed E-state index contributed by atoms with van der Waals surface area (Å²) in [5.74, 6) is -1.44. The summed E-state index contributed by atoms with van der Waals surface area (Å²) in [7, 11) is 0. The van der Waals surface area contributed by atoms with E-state index in [0.717, 1.165) is 31.2 Å². The second-order valence-corrected chi connectivity index (χ2v) is 6.54. The first kappa shape index (κ1) is 19.7. The smallest absolute Gasteiger partial charge is 0.355 e. The lowest BCUT2D eigenvalue weighted by atomic mass is 9.95. The highest BCUT2D eigenvalue weighted by molar-refractivity contribution is 5.98. The zero-order valence-electron chi connectivity index (χ0n) is 15.3. The second-order valence-electron chi connectivity index (χ2n) is 6.54. The zero-order valence-corrected chi connectivity index (χ0v) is 15.3. The van der Waals surface area contributed by atoms with Gasteiger partial charge in [0.25, 0.3) is 5.91 Å². The Morgan fingerprint density at radius 2 is 1.77 bits per heavy atom. The van der Waals surface area contributed by atoms with Gasteiger partial charge in [-0.2, -0.15) is 0 Å². The van der Waals surface area contributed by atoms with Gasteiger partial charge in [0.15, 0.2) is 6.10 Å². The first-order valence-corrected chi connectivity index (χ1v) is 9.01. The molecule has 2 rings (SSSR count). The van der Waals surface area contributed by atoms with Gasteiger partial charge in [-0.05, 0) is 31.4 Å². The summed E-state index contributed by atoms with van der Waals surface area (Å²) in [5, 5.41) is 5.40. The fraction of sp³-hybridized carbons (Fsp3) is 0.450. The lowest BCUT2D eigenvalue weighted by Crippen LogP contribution is -2.43. The standard InChI is InChI=1S/C20H26N2O4/c1-14(19(24)22-17-11-7-4-8-12-17)26-20(25)18(21-15(2)23)13-16-9-5-3-6-10-16/h3,5-6,9-10,13-14,17H,4,7-8,11-12H2,1-2H3,(H,21,23)(H,22,24)/b18-13-/t14-/m1/s1. The summed E-state index contributed by atoms with van der Waals surface area (Å²) in [6.07, 6.45) is 5.90. The molecule has 26 heavy (non-hydrogen) atoms. The monoisotopic (exact) mass is 358 g/mol. The van der Waals surface area contributed by atoms with Crippen LogP contribution in [0.1, 0.15) is 51.5 Å². The predicted molar refractivity (Wildman–Crippen MR) is 98.8 cm³/mol. The summed E-state index contributed by atoms with van der Waals surface area (Å²) in [6, 6.07) is 9.24. The Morgan fingerprint density at radius 3 is 2.38 bits per heavy atom. The number of rotatable bonds is 6. The minimum Gasteiger partial charge on any atom is -0.448 e. The molecule has 6 heteroatoms. The highest BCUT2D eigenvalue weighted by atomic mass is 16.5. The number of hydrogen-bond donors (Lipinski definition) is 2. The summed E-state index contributed by atoms with van der Waals surface area (Å²) >= 11 is 0. The molecule has 1 aliphatic rings. The molecule has 6 nitrogen and oxygen atoms in total. The minimum absolute atomic E-state index is 0.000941. The molecular formula is C20H26N2O4. The van der Waals surface area contributed by atoms with E-state index in [9.17, 15) is 14.4 Å². The van der Waals surface area contributed by atoms with E-state index in [1.807, 2.05) is 18.2 Å². The van der Waals surface area contributed by atoms with Crippen LogP contribution in [0.2, 0.25) is 0 Å². The maximum Gasteiger partial charge on any atom is 0.355 e. The number of carbonyl (C=O) groups excluding carboxylic acids is 3.